The molecule has 186 valence electrons. The molecule has 1 aromatic carbocycles. The number of rotatable bonds is 5. The number of urea groups is 1. The molecule has 7 nitrogen and oxygen atoms in total. The van der Waals surface area contributed by atoms with Gasteiger partial charge in [-0.05, 0) is 50.5 Å². The van der Waals surface area contributed by atoms with Gasteiger partial charge in [-0.25, -0.2) is 4.79 Å². The molecule has 0 aromatic heterocycles. The summed E-state index contributed by atoms with van der Waals surface area (Å²) in [5, 5.41) is 13.5. The van der Waals surface area contributed by atoms with Crippen molar-refractivity contribution in [2.24, 2.45) is 5.92 Å². The molecule has 2 heterocycles. The summed E-state index contributed by atoms with van der Waals surface area (Å²) in [4.78, 5) is 31.9. The molecule has 2 aliphatic carbocycles. The third-order valence-corrected chi connectivity index (χ3v) is 8.26. The van der Waals surface area contributed by atoms with Crippen LogP contribution in [0.1, 0.15) is 62.8 Å². The highest BCUT2D eigenvalue weighted by Crippen LogP contribution is 2.40. The summed E-state index contributed by atoms with van der Waals surface area (Å²) < 4.78 is 0. The van der Waals surface area contributed by atoms with Crippen LogP contribution in [-0.4, -0.2) is 89.2 Å². The van der Waals surface area contributed by atoms with Crippen LogP contribution < -0.4 is 5.32 Å². The van der Waals surface area contributed by atoms with Gasteiger partial charge in [-0.15, -0.1) is 0 Å². The van der Waals surface area contributed by atoms with E-state index in [-0.39, 0.29) is 24.1 Å². The van der Waals surface area contributed by atoms with Gasteiger partial charge in [0.05, 0.1) is 6.10 Å². The molecule has 0 radical (unpaired) electrons. The monoisotopic (exact) mass is 468 g/mol. The summed E-state index contributed by atoms with van der Waals surface area (Å²) in [6.45, 7) is 4.76. The standard InChI is InChI=1S/C27H40N4O3/c32-23-11-9-22(10-12-23)31-15-5-14-29(13-4-8-26(31)33)27(34)30-18-20(19-30)17-28-25-16-24(25)21-6-2-1-3-7-21/h1-3,6-7,20,22-25,28,32H,4-5,8-19H2/t22-,23+,24?,25?. The van der Waals surface area contributed by atoms with Crippen LogP contribution >= 0.6 is 0 Å². The van der Waals surface area contributed by atoms with Crippen LogP contribution in [-0.2, 0) is 4.79 Å². The highest BCUT2D eigenvalue weighted by molar-refractivity contribution is 5.77. The number of carbonyl (C=O) groups excluding carboxylic acids is 2. The Bertz CT molecular complexity index is 836. The quantitative estimate of drug-likeness (QED) is 0.697. The van der Waals surface area contributed by atoms with Crippen molar-refractivity contribution in [1.82, 2.24) is 20.0 Å². The number of amides is 3. The molecule has 2 saturated carbocycles. The van der Waals surface area contributed by atoms with Gasteiger partial charge in [-0.1, -0.05) is 30.3 Å². The predicted octanol–water partition coefficient (Wildman–Crippen LogP) is 2.80. The number of hydrogen-bond acceptors (Lipinski definition) is 4. The average molecular weight is 469 g/mol. The van der Waals surface area contributed by atoms with E-state index in [0.29, 0.717) is 30.8 Å². The zero-order valence-corrected chi connectivity index (χ0v) is 20.3. The maximum atomic E-state index is 13.1. The predicted molar refractivity (Wildman–Crippen MR) is 131 cm³/mol. The van der Waals surface area contributed by atoms with Gasteiger partial charge >= 0.3 is 6.03 Å². The summed E-state index contributed by atoms with van der Waals surface area (Å²) >= 11 is 0. The maximum absolute atomic E-state index is 13.1. The Morgan fingerprint density at radius 2 is 1.71 bits per heavy atom. The van der Waals surface area contributed by atoms with E-state index in [1.165, 1.54) is 12.0 Å². The first-order valence-corrected chi connectivity index (χ1v) is 13.4. The van der Waals surface area contributed by atoms with Crippen LogP contribution in [0.4, 0.5) is 4.79 Å². The fourth-order valence-corrected chi connectivity index (χ4v) is 6.04. The van der Waals surface area contributed by atoms with Crippen LogP contribution in [0.15, 0.2) is 30.3 Å². The Labute approximate surface area is 203 Å². The van der Waals surface area contributed by atoms with Gasteiger partial charge in [-0.2, -0.15) is 0 Å². The van der Waals surface area contributed by atoms with Gasteiger partial charge < -0.3 is 25.1 Å². The molecule has 2 saturated heterocycles. The lowest BCUT2D eigenvalue weighted by Gasteiger charge is -2.42. The minimum atomic E-state index is -0.206. The highest BCUT2D eigenvalue weighted by Gasteiger charge is 2.40. The second-order valence-corrected chi connectivity index (χ2v) is 10.8. The lowest BCUT2D eigenvalue weighted by atomic mass is 9.91. The molecule has 2 unspecified atom stereocenters. The van der Waals surface area contributed by atoms with Crippen molar-refractivity contribution in [3.05, 3.63) is 35.9 Å². The molecular formula is C27H40N4O3. The van der Waals surface area contributed by atoms with Crippen molar-refractivity contribution in [1.29, 1.82) is 0 Å². The lowest BCUT2D eigenvalue weighted by Crippen LogP contribution is -2.57. The molecular weight excluding hydrogens is 428 g/mol. The third-order valence-electron chi connectivity index (χ3n) is 8.26. The molecule has 4 aliphatic rings. The minimum Gasteiger partial charge on any atom is -0.393 e. The van der Waals surface area contributed by atoms with Crippen molar-refractivity contribution in [3.8, 4) is 0 Å². The zero-order chi connectivity index (χ0) is 23.5. The van der Waals surface area contributed by atoms with Crippen LogP contribution in [0.2, 0.25) is 0 Å². The number of aliphatic hydroxyl groups is 1. The van der Waals surface area contributed by atoms with E-state index in [4.69, 9.17) is 0 Å². The van der Waals surface area contributed by atoms with Crippen molar-refractivity contribution in [2.45, 2.75) is 75.5 Å². The van der Waals surface area contributed by atoms with Gasteiger partial charge in [-0.3, -0.25) is 4.79 Å². The SMILES string of the molecule is O=C(N1CCCC(=O)N([C@H]2CC[C@@H](O)CC2)CCC1)N1CC(CNC2CC2c2ccccc2)C1. The molecule has 5 rings (SSSR count). The second-order valence-electron chi connectivity index (χ2n) is 10.8. The van der Waals surface area contributed by atoms with E-state index in [1.54, 1.807) is 0 Å². The van der Waals surface area contributed by atoms with E-state index in [0.717, 1.165) is 71.2 Å². The molecule has 34 heavy (non-hydrogen) atoms. The lowest BCUT2D eigenvalue weighted by molar-refractivity contribution is -0.134. The van der Waals surface area contributed by atoms with Crippen LogP contribution in [0.5, 0.6) is 0 Å². The Morgan fingerprint density at radius 3 is 2.47 bits per heavy atom. The summed E-state index contributed by atoms with van der Waals surface area (Å²) in [6.07, 6.45) is 6.45. The summed E-state index contributed by atoms with van der Waals surface area (Å²) in [7, 11) is 0. The first-order valence-electron chi connectivity index (χ1n) is 13.4. The molecule has 2 atom stereocenters. The minimum absolute atomic E-state index is 0.145. The fraction of sp³-hybridized carbons (Fsp3) is 0.704. The van der Waals surface area contributed by atoms with Crippen LogP contribution in [0.3, 0.4) is 0 Å². The van der Waals surface area contributed by atoms with Crippen molar-refractivity contribution < 1.29 is 14.7 Å². The topological polar surface area (TPSA) is 76.1 Å². The maximum Gasteiger partial charge on any atom is 0.320 e. The van der Waals surface area contributed by atoms with Crippen LogP contribution in [0, 0.1) is 5.92 Å². The van der Waals surface area contributed by atoms with Crippen molar-refractivity contribution >= 4 is 11.9 Å². The summed E-state index contributed by atoms with van der Waals surface area (Å²) in [5.41, 5.74) is 1.43. The number of carbonyl (C=O) groups is 2. The van der Waals surface area contributed by atoms with Gasteiger partial charge in [0.15, 0.2) is 0 Å². The van der Waals surface area contributed by atoms with E-state index >= 15 is 0 Å². The Morgan fingerprint density at radius 1 is 0.971 bits per heavy atom. The fourth-order valence-electron chi connectivity index (χ4n) is 6.04. The number of likely N-dealkylation sites (tertiary alicyclic amines) is 1. The molecule has 0 spiro atoms. The van der Waals surface area contributed by atoms with E-state index in [2.05, 4.69) is 35.6 Å². The van der Waals surface area contributed by atoms with Gasteiger partial charge in [0.25, 0.3) is 0 Å². The Hall–Kier alpha value is -2.12. The molecule has 3 amide bonds. The molecule has 4 fully saturated rings. The zero-order valence-electron chi connectivity index (χ0n) is 20.3. The number of hydrogen-bond donors (Lipinski definition) is 2. The first-order chi connectivity index (χ1) is 16.6. The number of nitrogens with zero attached hydrogens (tertiary/aromatic N) is 3. The third kappa shape index (κ3) is 5.57. The molecule has 2 aliphatic heterocycles. The van der Waals surface area contributed by atoms with Gasteiger partial charge in [0, 0.05) is 69.6 Å². The van der Waals surface area contributed by atoms with E-state index in [9.17, 15) is 14.7 Å². The second kappa shape index (κ2) is 10.6. The molecule has 0 bridgehead atoms. The van der Waals surface area contributed by atoms with Gasteiger partial charge in [0.2, 0.25) is 5.91 Å². The summed E-state index contributed by atoms with van der Waals surface area (Å²) in [6, 6.07) is 11.7. The Kier molecular flexibility index (Phi) is 7.40. The van der Waals surface area contributed by atoms with Crippen LogP contribution in [0.25, 0.3) is 0 Å². The molecule has 2 N–H and O–H groups in total. The number of nitrogens with one attached hydrogen (secondary N) is 1. The smallest absolute Gasteiger partial charge is 0.320 e. The average Bonchev–Trinajstić information content (AvgIpc) is 3.59. The van der Waals surface area contributed by atoms with E-state index < -0.39 is 0 Å². The van der Waals surface area contributed by atoms with Gasteiger partial charge in [0.1, 0.15) is 0 Å². The number of benzene rings is 1. The highest BCUT2D eigenvalue weighted by atomic mass is 16.3. The molecule has 1 aromatic rings. The normalized spacial score (nSPS) is 30.9. The summed E-state index contributed by atoms with van der Waals surface area (Å²) in [5.74, 6) is 1.40. The number of aliphatic hydroxyl groups excluding tert-OH is 1. The first kappa shape index (κ1) is 23.6. The Balaban J connectivity index is 1.03. The van der Waals surface area contributed by atoms with E-state index in [1.807, 2.05) is 14.7 Å². The van der Waals surface area contributed by atoms with Crippen molar-refractivity contribution in [3.63, 3.8) is 0 Å². The van der Waals surface area contributed by atoms with Crippen molar-refractivity contribution in [2.75, 3.05) is 39.3 Å². The molecule has 7 heteroatoms. The largest absolute Gasteiger partial charge is 0.393 e.